The van der Waals surface area contributed by atoms with E-state index in [2.05, 4.69) is 34.3 Å². The number of carbonyl (C=O) groups is 1. The van der Waals surface area contributed by atoms with Gasteiger partial charge in [0.2, 0.25) is 6.41 Å². The number of para-hydroxylation sites is 1. The Morgan fingerprint density at radius 3 is 2.44 bits per heavy atom. The number of aryl methyl sites for hydroxylation is 1. The lowest BCUT2D eigenvalue weighted by Crippen LogP contribution is -2.31. The van der Waals surface area contributed by atoms with Gasteiger partial charge in [0, 0.05) is 36.1 Å². The van der Waals surface area contributed by atoms with Gasteiger partial charge >= 0.3 is 0 Å². The molecule has 0 spiro atoms. The Hall–Kier alpha value is -3.38. The number of nitrogens with zero attached hydrogens (tertiary/aromatic N) is 1. The zero-order valence-electron chi connectivity index (χ0n) is 19.2. The van der Waals surface area contributed by atoms with Crippen LogP contribution < -0.4 is 10.9 Å². The number of nitrogens with one attached hydrogen (secondary N) is 3. The number of aromatic nitrogens is 2. The van der Waals surface area contributed by atoms with E-state index in [1.54, 1.807) is 4.90 Å². The van der Waals surface area contributed by atoms with Crippen LogP contribution in [0.2, 0.25) is 0 Å². The van der Waals surface area contributed by atoms with Crippen LogP contribution in [0.3, 0.4) is 0 Å². The van der Waals surface area contributed by atoms with Crippen molar-refractivity contribution in [1.29, 1.82) is 0 Å². The SMILES string of the molecule is CC.CN(C=O)C1CCNC1.Cc1ccc2[nH]c(-c3cc4ccccc4[nH]c3=O)cc2c1. The van der Waals surface area contributed by atoms with Crippen LogP contribution in [-0.2, 0) is 4.79 Å². The summed E-state index contributed by atoms with van der Waals surface area (Å²) in [5, 5.41) is 5.34. The minimum atomic E-state index is -0.0722. The van der Waals surface area contributed by atoms with Crippen LogP contribution in [0, 0.1) is 6.92 Å². The average Bonchev–Trinajstić information content (AvgIpc) is 3.50. The van der Waals surface area contributed by atoms with E-state index < -0.39 is 0 Å². The fourth-order valence-electron chi connectivity index (χ4n) is 3.82. The molecule has 1 aliphatic heterocycles. The van der Waals surface area contributed by atoms with E-state index >= 15 is 0 Å². The van der Waals surface area contributed by atoms with Crippen molar-refractivity contribution in [3.8, 4) is 11.3 Å². The Kier molecular flexibility index (Phi) is 7.84. The standard InChI is InChI=1S/C18H14N2O.C6H12N2O.C2H6/c1-11-6-7-16-13(8-11)10-17(19-16)14-9-12-4-2-3-5-15(12)20-18(14)21;1-8(5-9)6-2-3-7-4-6;1-2/h2-10,19H,1H3,(H,20,21);5-7H,2-4H2,1H3;1-2H3. The minimum absolute atomic E-state index is 0.0722. The maximum Gasteiger partial charge on any atom is 0.257 e. The van der Waals surface area contributed by atoms with Crippen molar-refractivity contribution in [1.82, 2.24) is 20.2 Å². The number of aromatic amines is 2. The molecule has 3 heterocycles. The van der Waals surface area contributed by atoms with Crippen LogP contribution in [0.1, 0.15) is 25.8 Å². The third kappa shape index (κ3) is 5.26. The molecule has 1 amide bonds. The second-order valence-electron chi connectivity index (χ2n) is 7.79. The fourth-order valence-corrected chi connectivity index (χ4v) is 3.82. The number of fused-ring (bicyclic) bond motifs is 2. The number of H-pyrrole nitrogens is 2. The monoisotopic (exact) mass is 432 g/mol. The van der Waals surface area contributed by atoms with E-state index in [9.17, 15) is 9.59 Å². The van der Waals surface area contributed by atoms with Gasteiger partial charge in [0.05, 0.1) is 11.3 Å². The number of hydrogen-bond acceptors (Lipinski definition) is 3. The summed E-state index contributed by atoms with van der Waals surface area (Å²) in [7, 11) is 1.82. The predicted molar refractivity (Wildman–Crippen MR) is 133 cm³/mol. The minimum Gasteiger partial charge on any atom is -0.354 e. The van der Waals surface area contributed by atoms with Gasteiger partial charge in [0.1, 0.15) is 0 Å². The summed E-state index contributed by atoms with van der Waals surface area (Å²) in [6, 6.07) is 18.4. The van der Waals surface area contributed by atoms with Crippen LogP contribution in [0.15, 0.2) is 59.4 Å². The zero-order valence-corrected chi connectivity index (χ0v) is 19.2. The molecule has 0 radical (unpaired) electrons. The molecule has 5 rings (SSSR count). The molecule has 32 heavy (non-hydrogen) atoms. The molecule has 2 aromatic carbocycles. The molecular formula is C26H32N4O2. The van der Waals surface area contributed by atoms with E-state index in [0.717, 1.165) is 53.4 Å². The lowest BCUT2D eigenvalue weighted by molar-refractivity contribution is -0.118. The molecule has 4 aromatic rings. The Morgan fingerprint density at radius 1 is 0.969 bits per heavy atom. The topological polar surface area (TPSA) is 81.0 Å². The lowest BCUT2D eigenvalue weighted by atomic mass is 10.1. The maximum absolute atomic E-state index is 12.3. The number of amides is 1. The number of pyridine rings is 1. The highest BCUT2D eigenvalue weighted by Gasteiger charge is 2.16. The molecule has 0 saturated carbocycles. The summed E-state index contributed by atoms with van der Waals surface area (Å²) >= 11 is 0. The predicted octanol–water partition coefficient (Wildman–Crippen LogP) is 4.45. The van der Waals surface area contributed by atoms with Gasteiger partial charge in [-0.2, -0.15) is 0 Å². The summed E-state index contributed by atoms with van der Waals surface area (Å²) in [5.41, 5.74) is 4.56. The molecule has 1 atom stereocenters. The van der Waals surface area contributed by atoms with Crippen molar-refractivity contribution in [3.63, 3.8) is 0 Å². The Balaban J connectivity index is 0.000000222. The second kappa shape index (κ2) is 10.8. The first-order valence-corrected chi connectivity index (χ1v) is 11.1. The van der Waals surface area contributed by atoms with Gasteiger partial charge in [-0.25, -0.2) is 0 Å². The molecule has 1 aliphatic rings. The molecule has 168 valence electrons. The van der Waals surface area contributed by atoms with E-state index in [-0.39, 0.29) is 5.56 Å². The van der Waals surface area contributed by atoms with Crippen LogP contribution in [0.25, 0.3) is 33.1 Å². The number of benzene rings is 2. The zero-order chi connectivity index (χ0) is 23.1. The molecule has 1 saturated heterocycles. The number of hydrogen-bond donors (Lipinski definition) is 3. The molecule has 2 aromatic heterocycles. The van der Waals surface area contributed by atoms with E-state index in [1.165, 1.54) is 5.56 Å². The molecule has 0 aliphatic carbocycles. The van der Waals surface area contributed by atoms with Crippen LogP contribution >= 0.6 is 0 Å². The van der Waals surface area contributed by atoms with Gasteiger partial charge in [0.25, 0.3) is 5.56 Å². The van der Waals surface area contributed by atoms with Crippen molar-refractivity contribution in [3.05, 3.63) is 70.5 Å². The molecule has 0 bridgehead atoms. The van der Waals surface area contributed by atoms with Crippen molar-refractivity contribution in [2.75, 3.05) is 20.1 Å². The molecular weight excluding hydrogens is 400 g/mol. The molecule has 1 unspecified atom stereocenters. The third-order valence-corrected chi connectivity index (χ3v) is 5.60. The van der Waals surface area contributed by atoms with Crippen molar-refractivity contribution < 1.29 is 4.79 Å². The van der Waals surface area contributed by atoms with E-state index in [1.807, 2.05) is 63.4 Å². The second-order valence-corrected chi connectivity index (χ2v) is 7.79. The van der Waals surface area contributed by atoms with Gasteiger partial charge in [-0.15, -0.1) is 0 Å². The van der Waals surface area contributed by atoms with Gasteiger partial charge in [0.15, 0.2) is 0 Å². The Bertz CT molecular complexity index is 1240. The number of rotatable bonds is 3. The van der Waals surface area contributed by atoms with Crippen LogP contribution in [0.5, 0.6) is 0 Å². The Labute approximate surface area is 188 Å². The van der Waals surface area contributed by atoms with Crippen LogP contribution in [0.4, 0.5) is 0 Å². The third-order valence-electron chi connectivity index (χ3n) is 5.60. The normalized spacial score (nSPS) is 14.9. The molecule has 1 fully saturated rings. The molecule has 3 N–H and O–H groups in total. The quantitative estimate of drug-likeness (QED) is 0.419. The van der Waals surface area contributed by atoms with Gasteiger partial charge < -0.3 is 20.2 Å². The van der Waals surface area contributed by atoms with Gasteiger partial charge in [-0.05, 0) is 55.6 Å². The summed E-state index contributed by atoms with van der Waals surface area (Å²) in [6.07, 6.45) is 1.98. The van der Waals surface area contributed by atoms with E-state index in [4.69, 9.17) is 0 Å². The van der Waals surface area contributed by atoms with Crippen molar-refractivity contribution in [2.45, 2.75) is 33.2 Å². The smallest absolute Gasteiger partial charge is 0.257 e. The van der Waals surface area contributed by atoms with Gasteiger partial charge in [-0.1, -0.05) is 43.7 Å². The first kappa shape index (κ1) is 23.3. The van der Waals surface area contributed by atoms with Crippen molar-refractivity contribution in [2.24, 2.45) is 0 Å². The summed E-state index contributed by atoms with van der Waals surface area (Å²) in [6.45, 7) is 8.06. The summed E-state index contributed by atoms with van der Waals surface area (Å²) < 4.78 is 0. The highest BCUT2D eigenvalue weighted by molar-refractivity contribution is 5.89. The van der Waals surface area contributed by atoms with Crippen LogP contribution in [-0.4, -0.2) is 47.5 Å². The first-order chi connectivity index (χ1) is 15.5. The fraction of sp³-hybridized carbons (Fsp3) is 0.308. The average molecular weight is 433 g/mol. The highest BCUT2D eigenvalue weighted by atomic mass is 16.1. The molecule has 6 heteroatoms. The molecule has 6 nitrogen and oxygen atoms in total. The summed E-state index contributed by atoms with van der Waals surface area (Å²) in [4.78, 5) is 30.5. The lowest BCUT2D eigenvalue weighted by Gasteiger charge is -2.17. The largest absolute Gasteiger partial charge is 0.354 e. The van der Waals surface area contributed by atoms with E-state index in [0.29, 0.717) is 11.6 Å². The number of likely N-dealkylation sites (N-methyl/N-ethyl adjacent to an activating group) is 1. The highest BCUT2D eigenvalue weighted by Crippen LogP contribution is 2.24. The first-order valence-electron chi connectivity index (χ1n) is 11.1. The Morgan fingerprint density at radius 2 is 1.72 bits per heavy atom. The summed E-state index contributed by atoms with van der Waals surface area (Å²) in [5.74, 6) is 0. The van der Waals surface area contributed by atoms with Crippen molar-refractivity contribution >= 4 is 28.2 Å². The van der Waals surface area contributed by atoms with Gasteiger partial charge in [-0.3, -0.25) is 9.59 Å². The maximum atomic E-state index is 12.3. The number of carbonyl (C=O) groups excluding carboxylic acids is 1.